The molecule has 0 radical (unpaired) electrons. The van der Waals surface area contributed by atoms with E-state index in [1.54, 1.807) is 12.4 Å². The van der Waals surface area contributed by atoms with Gasteiger partial charge in [0.15, 0.2) is 5.82 Å². The van der Waals surface area contributed by atoms with E-state index >= 15 is 0 Å². The molecule has 160 valence electrons. The lowest BCUT2D eigenvalue weighted by Crippen LogP contribution is -2.45. The predicted molar refractivity (Wildman–Crippen MR) is 122 cm³/mol. The van der Waals surface area contributed by atoms with Crippen LogP contribution >= 0.6 is 11.6 Å². The minimum absolute atomic E-state index is 0.0775. The number of hydrogen-bond donors (Lipinski definition) is 2. The van der Waals surface area contributed by atoms with Gasteiger partial charge in [0.25, 0.3) is 0 Å². The van der Waals surface area contributed by atoms with E-state index in [0.717, 1.165) is 49.4 Å². The Balaban J connectivity index is 1.40. The van der Waals surface area contributed by atoms with Crippen molar-refractivity contribution in [1.82, 2.24) is 15.0 Å². The first kappa shape index (κ1) is 20.4. The maximum absolute atomic E-state index is 10.0. The van der Waals surface area contributed by atoms with Crippen molar-refractivity contribution in [3.05, 3.63) is 70.3 Å². The van der Waals surface area contributed by atoms with Gasteiger partial charge in [-0.25, -0.2) is 9.97 Å². The third-order valence-electron chi connectivity index (χ3n) is 6.90. The third kappa shape index (κ3) is 3.49. The number of halogens is 1. The molecule has 3 aromatic rings. The van der Waals surface area contributed by atoms with E-state index in [1.807, 2.05) is 13.0 Å². The number of nitrogens with two attached hydrogens (primary N) is 1. The van der Waals surface area contributed by atoms with Crippen LogP contribution in [0, 0.1) is 12.3 Å². The molecule has 0 unspecified atom stereocenters. The molecular weight excluding hydrogens is 410 g/mol. The third-order valence-corrected chi connectivity index (χ3v) is 7.11. The zero-order chi connectivity index (χ0) is 21.6. The molecule has 5 rings (SSSR count). The molecule has 1 fully saturated rings. The first-order chi connectivity index (χ1) is 15.0. The number of rotatable bonds is 3. The maximum Gasteiger partial charge on any atom is 0.153 e. The number of benzene rings is 1. The lowest BCUT2D eigenvalue weighted by atomic mass is 9.73. The van der Waals surface area contributed by atoms with Crippen molar-refractivity contribution < 1.29 is 5.11 Å². The van der Waals surface area contributed by atoms with Gasteiger partial charge in [-0.05, 0) is 48.8 Å². The van der Waals surface area contributed by atoms with E-state index in [1.165, 1.54) is 11.1 Å². The number of hydrogen-bond acceptors (Lipinski definition) is 6. The number of aliphatic hydroxyl groups is 1. The monoisotopic (exact) mass is 435 g/mol. The fraction of sp³-hybridized carbons (Fsp3) is 0.375. The van der Waals surface area contributed by atoms with Gasteiger partial charge in [-0.1, -0.05) is 35.9 Å². The number of piperidine rings is 1. The summed E-state index contributed by atoms with van der Waals surface area (Å²) in [5, 5.41) is 10.6. The molecule has 1 aromatic carbocycles. The topological polar surface area (TPSA) is 88.2 Å². The predicted octanol–water partition coefficient (Wildman–Crippen LogP) is 3.84. The number of anilines is 1. The summed E-state index contributed by atoms with van der Waals surface area (Å²) in [5.41, 5.74) is 12.4. The van der Waals surface area contributed by atoms with Crippen LogP contribution in [-0.4, -0.2) is 33.1 Å². The van der Waals surface area contributed by atoms with Crippen LogP contribution in [0.4, 0.5) is 5.82 Å². The van der Waals surface area contributed by atoms with Crippen molar-refractivity contribution in [2.24, 2.45) is 11.1 Å². The van der Waals surface area contributed by atoms with Crippen molar-refractivity contribution >= 4 is 17.4 Å². The van der Waals surface area contributed by atoms with Crippen molar-refractivity contribution in [2.75, 3.05) is 18.0 Å². The molecule has 1 spiro atoms. The van der Waals surface area contributed by atoms with Crippen LogP contribution in [0.2, 0.25) is 5.02 Å². The lowest BCUT2D eigenvalue weighted by Gasteiger charge is -2.43. The second-order valence-electron chi connectivity index (χ2n) is 8.68. The molecule has 0 bridgehead atoms. The first-order valence-corrected chi connectivity index (χ1v) is 11.1. The van der Waals surface area contributed by atoms with Gasteiger partial charge in [0, 0.05) is 37.1 Å². The molecule has 1 saturated heterocycles. The molecule has 6 nitrogen and oxygen atoms in total. The molecule has 1 atom stereocenters. The van der Waals surface area contributed by atoms with Gasteiger partial charge in [0.2, 0.25) is 0 Å². The molecule has 2 aliphatic rings. The summed E-state index contributed by atoms with van der Waals surface area (Å²) in [5.74, 6) is 0.762. The summed E-state index contributed by atoms with van der Waals surface area (Å²) in [7, 11) is 0. The Kier molecular flexibility index (Phi) is 5.16. The van der Waals surface area contributed by atoms with E-state index in [0.29, 0.717) is 16.4 Å². The number of aryl methyl sites for hydroxylation is 1. The molecule has 1 aliphatic carbocycles. The first-order valence-electron chi connectivity index (χ1n) is 10.7. The summed E-state index contributed by atoms with van der Waals surface area (Å²) in [6.45, 7) is 3.46. The van der Waals surface area contributed by atoms with Gasteiger partial charge in [0.05, 0.1) is 23.0 Å². The Morgan fingerprint density at radius 1 is 1.19 bits per heavy atom. The van der Waals surface area contributed by atoms with E-state index < -0.39 is 0 Å². The maximum atomic E-state index is 10.0. The van der Waals surface area contributed by atoms with Gasteiger partial charge in [0.1, 0.15) is 5.69 Å². The minimum atomic E-state index is -0.170. The Morgan fingerprint density at radius 2 is 1.97 bits per heavy atom. The van der Waals surface area contributed by atoms with Crippen LogP contribution in [-0.2, 0) is 13.0 Å². The number of aliphatic hydroxyl groups excluding tert-OH is 1. The summed E-state index contributed by atoms with van der Waals surface area (Å²) >= 11 is 6.10. The molecular formula is C24H26ClN5O. The van der Waals surface area contributed by atoms with Crippen LogP contribution in [0.5, 0.6) is 0 Å². The molecule has 31 heavy (non-hydrogen) atoms. The van der Waals surface area contributed by atoms with Crippen molar-refractivity contribution in [1.29, 1.82) is 0 Å². The van der Waals surface area contributed by atoms with Crippen LogP contribution in [0.1, 0.15) is 41.4 Å². The highest BCUT2D eigenvalue weighted by Gasteiger charge is 2.46. The van der Waals surface area contributed by atoms with E-state index in [-0.39, 0.29) is 18.1 Å². The molecule has 1 aliphatic heterocycles. The normalized spacial score (nSPS) is 19.6. The van der Waals surface area contributed by atoms with Gasteiger partial charge in [-0.3, -0.25) is 4.98 Å². The number of aromatic nitrogens is 3. The van der Waals surface area contributed by atoms with Gasteiger partial charge >= 0.3 is 0 Å². The molecule has 0 amide bonds. The van der Waals surface area contributed by atoms with Crippen molar-refractivity contribution in [3.63, 3.8) is 0 Å². The fourth-order valence-corrected chi connectivity index (χ4v) is 5.36. The standard InChI is InChI=1S/C24H26ClN5O/c1-15-21(17-10-18(25)13-27-12-17)29-20(14-31)23(28-15)30-8-6-24(7-9-30)11-16-4-2-3-5-19(16)22(24)26/h2-5,10,12-13,22,31H,6-9,11,14,26H2,1H3/t22-/m1/s1. The van der Waals surface area contributed by atoms with Crippen LogP contribution in [0.15, 0.2) is 42.7 Å². The minimum Gasteiger partial charge on any atom is -0.390 e. The highest BCUT2D eigenvalue weighted by Crippen LogP contribution is 2.51. The van der Waals surface area contributed by atoms with Crippen LogP contribution < -0.4 is 10.6 Å². The molecule has 3 N–H and O–H groups in total. The second kappa shape index (κ2) is 7.86. The van der Waals surface area contributed by atoms with Gasteiger partial charge in [-0.2, -0.15) is 0 Å². The highest BCUT2D eigenvalue weighted by molar-refractivity contribution is 6.30. The highest BCUT2D eigenvalue weighted by atomic mass is 35.5. The van der Waals surface area contributed by atoms with Crippen molar-refractivity contribution in [3.8, 4) is 11.3 Å². The zero-order valence-electron chi connectivity index (χ0n) is 17.6. The van der Waals surface area contributed by atoms with Gasteiger partial charge < -0.3 is 15.7 Å². The van der Waals surface area contributed by atoms with Gasteiger partial charge in [-0.15, -0.1) is 0 Å². The average Bonchev–Trinajstić information content (AvgIpc) is 3.05. The molecule has 0 saturated carbocycles. The van der Waals surface area contributed by atoms with E-state index in [4.69, 9.17) is 27.3 Å². The van der Waals surface area contributed by atoms with Crippen LogP contribution in [0.3, 0.4) is 0 Å². The van der Waals surface area contributed by atoms with Crippen molar-refractivity contribution in [2.45, 2.75) is 38.8 Å². The lowest BCUT2D eigenvalue weighted by molar-refractivity contribution is 0.186. The summed E-state index contributed by atoms with van der Waals surface area (Å²) in [6.07, 6.45) is 6.33. The average molecular weight is 436 g/mol. The molecule has 2 aromatic heterocycles. The Morgan fingerprint density at radius 3 is 2.68 bits per heavy atom. The quantitative estimate of drug-likeness (QED) is 0.649. The zero-order valence-corrected chi connectivity index (χ0v) is 18.3. The second-order valence-corrected chi connectivity index (χ2v) is 9.12. The fourth-order valence-electron chi connectivity index (χ4n) is 5.19. The largest absolute Gasteiger partial charge is 0.390 e. The SMILES string of the molecule is Cc1nc(N2CCC3(CC2)Cc2ccccc2[C@H]3N)c(CO)nc1-c1cncc(Cl)c1. The Labute approximate surface area is 187 Å². The van der Waals surface area contributed by atoms with E-state index in [2.05, 4.69) is 34.1 Å². The smallest absolute Gasteiger partial charge is 0.153 e. The Hall–Kier alpha value is -2.54. The van der Waals surface area contributed by atoms with E-state index in [9.17, 15) is 5.11 Å². The number of fused-ring (bicyclic) bond motifs is 1. The summed E-state index contributed by atoms with van der Waals surface area (Å²) < 4.78 is 0. The van der Waals surface area contributed by atoms with Crippen LogP contribution in [0.25, 0.3) is 11.3 Å². The summed E-state index contributed by atoms with van der Waals surface area (Å²) in [4.78, 5) is 16.0. The number of nitrogens with zero attached hydrogens (tertiary/aromatic N) is 4. The Bertz CT molecular complexity index is 1130. The number of pyridine rings is 1. The molecule has 3 heterocycles. The molecule has 7 heteroatoms. The summed E-state index contributed by atoms with van der Waals surface area (Å²) in [6, 6.07) is 10.4.